The maximum absolute atomic E-state index is 11.8. The van der Waals surface area contributed by atoms with E-state index in [4.69, 9.17) is 10.9 Å². The Morgan fingerprint density at radius 3 is 2.76 bits per heavy atom. The van der Waals surface area contributed by atoms with Crippen molar-refractivity contribution in [1.82, 2.24) is 4.57 Å². The van der Waals surface area contributed by atoms with E-state index in [0.717, 1.165) is 10.9 Å². The van der Waals surface area contributed by atoms with Crippen LogP contribution in [0.15, 0.2) is 35.6 Å². The highest BCUT2D eigenvalue weighted by molar-refractivity contribution is 7.91. The normalized spacial score (nSPS) is 12.9. The molecule has 1 aromatic heterocycles. The number of fused-ring (bicyclic) bond motifs is 1. The third-order valence-corrected chi connectivity index (χ3v) is 5.19. The molecule has 0 amide bonds. The number of benzene rings is 1. The average Bonchev–Trinajstić information content (AvgIpc) is 2.87. The Kier molecular flexibility index (Phi) is 4.52. The van der Waals surface area contributed by atoms with E-state index in [1.165, 1.54) is 0 Å². The Morgan fingerprint density at radius 2 is 2.10 bits per heavy atom. The summed E-state index contributed by atoms with van der Waals surface area (Å²) in [6, 6.07) is 7.29. The van der Waals surface area contributed by atoms with E-state index in [1.807, 2.05) is 29.8 Å². The molecule has 0 saturated heterocycles. The molecule has 3 N–H and O–H groups in total. The van der Waals surface area contributed by atoms with Gasteiger partial charge in [-0.2, -0.15) is 0 Å². The molecule has 7 heteroatoms. The molecule has 0 aliphatic heterocycles. The van der Waals surface area contributed by atoms with Crippen LogP contribution in [0.25, 0.3) is 10.9 Å². The first kappa shape index (κ1) is 15.4. The van der Waals surface area contributed by atoms with Gasteiger partial charge in [0.15, 0.2) is 15.7 Å². The fourth-order valence-corrected chi connectivity index (χ4v) is 3.65. The quantitative estimate of drug-likeness (QED) is 0.366. The molecule has 0 aliphatic carbocycles. The topological polar surface area (TPSA) is 97.7 Å². The molecule has 0 aliphatic rings. The van der Waals surface area contributed by atoms with Gasteiger partial charge in [-0.25, -0.2) is 8.42 Å². The van der Waals surface area contributed by atoms with Gasteiger partial charge in [0.05, 0.1) is 5.75 Å². The number of aryl methyl sites for hydroxylation is 1. The number of aromatic nitrogens is 1. The van der Waals surface area contributed by atoms with Crippen molar-refractivity contribution in [2.75, 3.05) is 11.5 Å². The van der Waals surface area contributed by atoms with Crippen molar-refractivity contribution in [1.29, 1.82) is 0 Å². The molecule has 6 nitrogen and oxygen atoms in total. The predicted octanol–water partition coefficient (Wildman–Crippen LogP) is 1.56. The minimum absolute atomic E-state index is 0.0388. The number of hydrogen-bond acceptors (Lipinski definition) is 4. The highest BCUT2D eigenvalue weighted by atomic mass is 32.2. The number of rotatable bonds is 6. The van der Waals surface area contributed by atoms with Crippen LogP contribution in [0.3, 0.4) is 0 Å². The third kappa shape index (κ3) is 3.36. The Bertz CT molecular complexity index is 763. The van der Waals surface area contributed by atoms with E-state index in [0.29, 0.717) is 18.5 Å². The molecule has 2 aromatic rings. The van der Waals surface area contributed by atoms with Crippen LogP contribution in [0, 0.1) is 0 Å². The van der Waals surface area contributed by atoms with Crippen LogP contribution in [0.1, 0.15) is 18.9 Å². The van der Waals surface area contributed by atoms with Gasteiger partial charge in [-0.15, -0.1) is 0 Å². The highest BCUT2D eigenvalue weighted by Crippen LogP contribution is 2.20. The number of oxime groups is 1. The van der Waals surface area contributed by atoms with Gasteiger partial charge in [0, 0.05) is 35.0 Å². The van der Waals surface area contributed by atoms with Crippen LogP contribution in [0.4, 0.5) is 0 Å². The zero-order valence-corrected chi connectivity index (χ0v) is 12.7. The summed E-state index contributed by atoms with van der Waals surface area (Å²) in [6.45, 7) is 2.25. The average molecular weight is 309 g/mol. The van der Waals surface area contributed by atoms with Gasteiger partial charge < -0.3 is 15.5 Å². The molecule has 0 unspecified atom stereocenters. The van der Waals surface area contributed by atoms with E-state index >= 15 is 0 Å². The van der Waals surface area contributed by atoms with Gasteiger partial charge in [0.1, 0.15) is 0 Å². The smallest absolute Gasteiger partial charge is 0.170 e. The van der Waals surface area contributed by atoms with Crippen molar-refractivity contribution in [3.05, 3.63) is 36.0 Å². The molecule has 0 radical (unpaired) electrons. The molecular weight excluding hydrogens is 290 g/mol. The fourth-order valence-electron chi connectivity index (χ4n) is 2.35. The Hall–Kier alpha value is -2.02. The van der Waals surface area contributed by atoms with Crippen LogP contribution in [-0.2, 0) is 16.4 Å². The largest absolute Gasteiger partial charge is 0.409 e. The summed E-state index contributed by atoms with van der Waals surface area (Å²) < 4.78 is 25.5. The molecule has 1 heterocycles. The summed E-state index contributed by atoms with van der Waals surface area (Å²) in [6.07, 6.45) is 2.45. The number of nitrogens with zero attached hydrogens (tertiary/aromatic N) is 2. The van der Waals surface area contributed by atoms with Crippen molar-refractivity contribution >= 4 is 26.6 Å². The number of hydrogen-bond donors (Lipinski definition) is 2. The molecule has 0 bridgehead atoms. The third-order valence-electron chi connectivity index (χ3n) is 3.36. The molecule has 21 heavy (non-hydrogen) atoms. The molecule has 2 rings (SSSR count). The molecule has 1 aromatic carbocycles. The first-order valence-corrected chi connectivity index (χ1v) is 8.57. The van der Waals surface area contributed by atoms with Crippen LogP contribution in [-0.4, -0.2) is 35.5 Å². The van der Waals surface area contributed by atoms with Crippen molar-refractivity contribution in [3.63, 3.8) is 0 Å². The van der Waals surface area contributed by atoms with Gasteiger partial charge in [0.25, 0.3) is 0 Å². The van der Waals surface area contributed by atoms with E-state index in [-0.39, 0.29) is 17.3 Å². The van der Waals surface area contributed by atoms with Crippen molar-refractivity contribution < 1.29 is 13.6 Å². The summed E-state index contributed by atoms with van der Waals surface area (Å²) >= 11 is 0. The SMILES string of the molecule is CCCS(=O)(=O)CCn1ccc2c(/C(N)=N/O)cccc21. The van der Waals surface area contributed by atoms with E-state index in [2.05, 4.69) is 5.16 Å². The predicted molar refractivity (Wildman–Crippen MR) is 83.4 cm³/mol. The first-order chi connectivity index (χ1) is 9.98. The number of amidine groups is 1. The lowest BCUT2D eigenvalue weighted by molar-refractivity contribution is 0.318. The summed E-state index contributed by atoms with van der Waals surface area (Å²) in [5.41, 5.74) is 7.14. The Morgan fingerprint density at radius 1 is 1.33 bits per heavy atom. The Labute approximate surface area is 123 Å². The van der Waals surface area contributed by atoms with Gasteiger partial charge in [-0.05, 0) is 18.6 Å². The van der Waals surface area contributed by atoms with Gasteiger partial charge in [-0.3, -0.25) is 0 Å². The first-order valence-electron chi connectivity index (χ1n) is 6.74. The van der Waals surface area contributed by atoms with Crippen molar-refractivity contribution in [3.8, 4) is 0 Å². The van der Waals surface area contributed by atoms with Crippen LogP contribution in [0.2, 0.25) is 0 Å². The van der Waals surface area contributed by atoms with E-state index < -0.39 is 9.84 Å². The van der Waals surface area contributed by atoms with Crippen LogP contribution < -0.4 is 5.73 Å². The standard InChI is InChI=1S/C14H19N3O3S/c1-2-9-21(19,20)10-8-17-7-6-11-12(14(15)16-18)4-3-5-13(11)17/h3-7,18H,2,8-10H2,1H3,(H2,15,16). The lowest BCUT2D eigenvalue weighted by Crippen LogP contribution is -2.15. The van der Waals surface area contributed by atoms with Crippen molar-refractivity contribution in [2.45, 2.75) is 19.9 Å². The maximum Gasteiger partial charge on any atom is 0.170 e. The minimum Gasteiger partial charge on any atom is -0.409 e. The number of sulfone groups is 1. The second kappa shape index (κ2) is 6.17. The van der Waals surface area contributed by atoms with Crippen LogP contribution >= 0.6 is 0 Å². The summed E-state index contributed by atoms with van der Waals surface area (Å²) in [4.78, 5) is 0. The minimum atomic E-state index is -3.02. The molecule has 114 valence electrons. The van der Waals surface area contributed by atoms with Gasteiger partial charge >= 0.3 is 0 Å². The number of nitrogens with two attached hydrogens (primary N) is 1. The highest BCUT2D eigenvalue weighted by Gasteiger charge is 2.12. The lowest BCUT2D eigenvalue weighted by Gasteiger charge is -2.07. The maximum atomic E-state index is 11.8. The fraction of sp³-hybridized carbons (Fsp3) is 0.357. The molecule has 0 spiro atoms. The molecule has 0 saturated carbocycles. The summed E-state index contributed by atoms with van der Waals surface area (Å²) in [5.74, 6) is 0.358. The monoisotopic (exact) mass is 309 g/mol. The lowest BCUT2D eigenvalue weighted by atomic mass is 10.1. The van der Waals surface area contributed by atoms with Crippen molar-refractivity contribution in [2.24, 2.45) is 10.9 Å². The molecule has 0 atom stereocenters. The van der Waals surface area contributed by atoms with Gasteiger partial charge in [0.2, 0.25) is 0 Å². The second-order valence-corrected chi connectivity index (χ2v) is 7.19. The van der Waals surface area contributed by atoms with E-state index in [9.17, 15) is 8.42 Å². The zero-order valence-electron chi connectivity index (χ0n) is 11.9. The summed E-state index contributed by atoms with van der Waals surface area (Å²) in [7, 11) is -3.02. The summed E-state index contributed by atoms with van der Waals surface area (Å²) in [5, 5.41) is 12.7. The van der Waals surface area contributed by atoms with Crippen LogP contribution in [0.5, 0.6) is 0 Å². The Balaban J connectivity index is 2.31. The molecular formula is C14H19N3O3S. The zero-order chi connectivity index (χ0) is 15.5. The van der Waals surface area contributed by atoms with E-state index in [1.54, 1.807) is 12.1 Å². The second-order valence-electron chi connectivity index (χ2n) is 4.88. The molecule has 0 fully saturated rings. The van der Waals surface area contributed by atoms with Gasteiger partial charge in [-0.1, -0.05) is 24.2 Å².